The standard InChI is InChI=1S/C21H21F3N2O4S/c1-3-31(29,30)17-10-6-14(7-11-17)18(12-13-25)26-19(27)15-4-8-16(9-5-15)20(2,28)21(22,23)24/h4-11,18,28H,3,12H2,1-2H3,(H,26,27)/t18-,20?/m1/s1. The molecule has 2 N–H and O–H groups in total. The zero-order chi connectivity index (χ0) is 23.4. The highest BCUT2D eigenvalue weighted by Crippen LogP contribution is 2.38. The molecule has 1 amide bonds. The first-order chi connectivity index (χ1) is 14.3. The van der Waals surface area contributed by atoms with E-state index in [1.54, 1.807) is 0 Å². The monoisotopic (exact) mass is 454 g/mol. The van der Waals surface area contributed by atoms with Crippen molar-refractivity contribution >= 4 is 15.7 Å². The second kappa shape index (κ2) is 9.08. The van der Waals surface area contributed by atoms with Gasteiger partial charge >= 0.3 is 6.18 Å². The molecule has 2 rings (SSSR count). The molecule has 0 aromatic heterocycles. The van der Waals surface area contributed by atoms with Crippen LogP contribution in [0.25, 0.3) is 0 Å². The molecule has 2 aromatic carbocycles. The predicted molar refractivity (Wildman–Crippen MR) is 107 cm³/mol. The summed E-state index contributed by atoms with van der Waals surface area (Å²) in [4.78, 5) is 12.7. The summed E-state index contributed by atoms with van der Waals surface area (Å²) in [5, 5.41) is 21.4. The van der Waals surface area contributed by atoms with Gasteiger partial charge in [0.05, 0.1) is 29.2 Å². The van der Waals surface area contributed by atoms with Crippen LogP contribution in [-0.4, -0.2) is 31.4 Å². The van der Waals surface area contributed by atoms with Crippen molar-refractivity contribution in [1.82, 2.24) is 5.32 Å². The number of hydrogen-bond donors (Lipinski definition) is 2. The SMILES string of the molecule is CCS(=O)(=O)c1ccc([C@@H](CC#N)NC(=O)c2ccc(C(C)(O)C(F)(F)F)cc2)cc1. The molecule has 0 aliphatic heterocycles. The second-order valence-corrected chi connectivity index (χ2v) is 9.29. The van der Waals surface area contributed by atoms with Gasteiger partial charge in [0.2, 0.25) is 0 Å². The molecule has 2 atom stereocenters. The summed E-state index contributed by atoms with van der Waals surface area (Å²) in [6.07, 6.45) is -4.99. The van der Waals surface area contributed by atoms with Crippen molar-refractivity contribution in [3.8, 4) is 6.07 Å². The van der Waals surface area contributed by atoms with Gasteiger partial charge in [-0.15, -0.1) is 0 Å². The molecule has 0 saturated carbocycles. The van der Waals surface area contributed by atoms with E-state index in [9.17, 15) is 31.5 Å². The van der Waals surface area contributed by atoms with Crippen molar-refractivity contribution in [1.29, 1.82) is 5.26 Å². The number of carbonyl (C=O) groups is 1. The normalized spacial score (nSPS) is 14.9. The number of carbonyl (C=O) groups excluding carboxylic acids is 1. The smallest absolute Gasteiger partial charge is 0.376 e. The number of nitrogens with one attached hydrogen (secondary N) is 1. The van der Waals surface area contributed by atoms with Crippen molar-refractivity contribution in [2.45, 2.75) is 43.0 Å². The molecular formula is C21H21F3N2O4S. The molecule has 166 valence electrons. The Kier molecular flexibility index (Phi) is 7.14. The lowest BCUT2D eigenvalue weighted by molar-refractivity contribution is -0.258. The van der Waals surface area contributed by atoms with E-state index in [4.69, 9.17) is 5.26 Å². The first kappa shape index (κ1) is 24.4. The van der Waals surface area contributed by atoms with Crippen LogP contribution in [0.2, 0.25) is 0 Å². The first-order valence-corrected chi connectivity index (χ1v) is 10.9. The second-order valence-electron chi connectivity index (χ2n) is 7.01. The fourth-order valence-corrected chi connectivity index (χ4v) is 3.65. The van der Waals surface area contributed by atoms with Gasteiger partial charge in [-0.2, -0.15) is 18.4 Å². The van der Waals surface area contributed by atoms with Gasteiger partial charge < -0.3 is 10.4 Å². The van der Waals surface area contributed by atoms with Crippen LogP contribution in [0.4, 0.5) is 13.2 Å². The number of halogens is 3. The fraction of sp³-hybridized carbons (Fsp3) is 0.333. The van der Waals surface area contributed by atoms with Crippen LogP contribution in [0.3, 0.4) is 0 Å². The summed E-state index contributed by atoms with van der Waals surface area (Å²) < 4.78 is 62.7. The van der Waals surface area contributed by atoms with Crippen LogP contribution in [0.1, 0.15) is 47.8 Å². The number of aliphatic hydroxyl groups is 1. The Balaban J connectivity index is 2.22. The van der Waals surface area contributed by atoms with E-state index in [-0.39, 0.29) is 22.6 Å². The maximum Gasteiger partial charge on any atom is 0.421 e. The number of nitrogens with zero attached hydrogens (tertiary/aromatic N) is 1. The lowest BCUT2D eigenvalue weighted by atomic mass is 9.94. The number of sulfone groups is 1. The molecule has 2 aromatic rings. The Labute approximate surface area is 178 Å². The van der Waals surface area contributed by atoms with Crippen molar-refractivity contribution in [2.24, 2.45) is 0 Å². The molecule has 0 aliphatic carbocycles. The van der Waals surface area contributed by atoms with Crippen LogP contribution in [-0.2, 0) is 15.4 Å². The van der Waals surface area contributed by atoms with E-state index >= 15 is 0 Å². The van der Waals surface area contributed by atoms with Gasteiger partial charge in [-0.3, -0.25) is 4.79 Å². The first-order valence-electron chi connectivity index (χ1n) is 9.23. The van der Waals surface area contributed by atoms with E-state index in [1.807, 2.05) is 6.07 Å². The third-order valence-corrected chi connectivity index (χ3v) is 6.63. The molecule has 0 saturated heterocycles. The van der Waals surface area contributed by atoms with Crippen molar-refractivity contribution in [2.75, 3.05) is 5.75 Å². The third kappa shape index (κ3) is 5.42. The van der Waals surface area contributed by atoms with Gasteiger partial charge in [-0.1, -0.05) is 31.2 Å². The average molecular weight is 454 g/mol. The number of alkyl halides is 3. The van der Waals surface area contributed by atoms with Crippen LogP contribution in [0, 0.1) is 11.3 Å². The van der Waals surface area contributed by atoms with Crippen molar-refractivity contribution in [3.63, 3.8) is 0 Å². The highest BCUT2D eigenvalue weighted by molar-refractivity contribution is 7.91. The number of rotatable bonds is 7. The van der Waals surface area contributed by atoms with E-state index in [2.05, 4.69) is 5.32 Å². The zero-order valence-corrected chi connectivity index (χ0v) is 17.6. The lowest BCUT2D eigenvalue weighted by Gasteiger charge is -2.26. The number of benzene rings is 2. The summed E-state index contributed by atoms with van der Waals surface area (Å²) in [6.45, 7) is 2.13. The third-order valence-electron chi connectivity index (χ3n) is 4.88. The molecule has 10 heteroatoms. The van der Waals surface area contributed by atoms with Crippen LogP contribution in [0.5, 0.6) is 0 Å². The molecular weight excluding hydrogens is 433 g/mol. The van der Waals surface area contributed by atoms with Crippen LogP contribution in [0.15, 0.2) is 53.4 Å². The van der Waals surface area contributed by atoms with Crippen molar-refractivity contribution in [3.05, 3.63) is 65.2 Å². The van der Waals surface area contributed by atoms with E-state index in [1.165, 1.54) is 31.2 Å². The highest BCUT2D eigenvalue weighted by Gasteiger charge is 2.51. The summed E-state index contributed by atoms with van der Waals surface area (Å²) in [6, 6.07) is 11.2. The average Bonchev–Trinajstić information content (AvgIpc) is 2.72. The number of nitriles is 1. The molecule has 6 nitrogen and oxygen atoms in total. The molecule has 31 heavy (non-hydrogen) atoms. The van der Waals surface area contributed by atoms with Gasteiger partial charge in [0.15, 0.2) is 15.4 Å². The van der Waals surface area contributed by atoms with Gasteiger partial charge in [-0.05, 0) is 42.3 Å². The van der Waals surface area contributed by atoms with Gasteiger partial charge in [0, 0.05) is 5.56 Å². The minimum absolute atomic E-state index is 0.0369. The molecule has 0 spiro atoms. The maximum atomic E-state index is 12.9. The predicted octanol–water partition coefficient (Wildman–Crippen LogP) is 3.63. The summed E-state index contributed by atoms with van der Waals surface area (Å²) in [5.41, 5.74) is -2.94. The number of hydrogen-bond acceptors (Lipinski definition) is 5. The fourth-order valence-electron chi connectivity index (χ4n) is 2.77. The molecule has 0 aliphatic rings. The van der Waals surface area contributed by atoms with Gasteiger partial charge in [-0.25, -0.2) is 8.42 Å². The van der Waals surface area contributed by atoms with Gasteiger partial charge in [0.1, 0.15) is 0 Å². The molecule has 0 radical (unpaired) electrons. The van der Waals surface area contributed by atoms with E-state index < -0.39 is 39.1 Å². The van der Waals surface area contributed by atoms with Crippen LogP contribution >= 0.6 is 0 Å². The van der Waals surface area contributed by atoms with Crippen molar-refractivity contribution < 1.29 is 31.5 Å². The number of amides is 1. The minimum atomic E-state index is -4.88. The highest BCUT2D eigenvalue weighted by atomic mass is 32.2. The molecule has 0 bridgehead atoms. The van der Waals surface area contributed by atoms with Crippen LogP contribution < -0.4 is 5.32 Å². The Hall–Kier alpha value is -2.90. The minimum Gasteiger partial charge on any atom is -0.376 e. The Bertz CT molecular complexity index is 1070. The topological polar surface area (TPSA) is 107 Å². The largest absolute Gasteiger partial charge is 0.421 e. The molecule has 0 fully saturated rings. The van der Waals surface area contributed by atoms with E-state index in [0.29, 0.717) is 12.5 Å². The zero-order valence-electron chi connectivity index (χ0n) is 16.8. The maximum absolute atomic E-state index is 12.9. The summed E-state index contributed by atoms with van der Waals surface area (Å²) in [5.74, 6) is -0.703. The lowest BCUT2D eigenvalue weighted by Crippen LogP contribution is -2.39. The molecule has 1 unspecified atom stereocenters. The Morgan fingerprint density at radius 3 is 2.13 bits per heavy atom. The molecule has 0 heterocycles. The summed E-state index contributed by atoms with van der Waals surface area (Å²) in [7, 11) is -3.40. The summed E-state index contributed by atoms with van der Waals surface area (Å²) >= 11 is 0. The Morgan fingerprint density at radius 2 is 1.68 bits per heavy atom. The van der Waals surface area contributed by atoms with Gasteiger partial charge in [0.25, 0.3) is 5.91 Å². The quantitative estimate of drug-likeness (QED) is 0.664. The van der Waals surface area contributed by atoms with E-state index in [0.717, 1.165) is 24.3 Å². The Morgan fingerprint density at radius 1 is 1.13 bits per heavy atom.